The predicted molar refractivity (Wildman–Crippen MR) is 76.3 cm³/mol. The van der Waals surface area contributed by atoms with E-state index in [2.05, 4.69) is 12.0 Å². The van der Waals surface area contributed by atoms with Gasteiger partial charge in [-0.2, -0.15) is 0 Å². The molecule has 0 saturated carbocycles. The van der Waals surface area contributed by atoms with Crippen LogP contribution in [0.25, 0.3) is 12.2 Å². The van der Waals surface area contributed by atoms with Gasteiger partial charge in [0.15, 0.2) is 23.1 Å². The number of aryl methyl sites for hydroxylation is 2. The van der Waals surface area contributed by atoms with E-state index in [1.807, 2.05) is 29.8 Å². The topological polar surface area (TPSA) is 46.2 Å². The summed E-state index contributed by atoms with van der Waals surface area (Å²) in [6.45, 7) is 4.88. The molecule has 0 atom stereocenters. The highest BCUT2D eigenvalue weighted by atomic mass is 79.9. The van der Waals surface area contributed by atoms with Crippen molar-refractivity contribution >= 4 is 23.5 Å². The molecule has 0 aliphatic heterocycles. The molecule has 0 amide bonds. The molecule has 0 saturated heterocycles. The molecular formula is C14H17BrN2O2S. The van der Waals surface area contributed by atoms with Crippen molar-refractivity contribution in [3.05, 3.63) is 33.8 Å². The van der Waals surface area contributed by atoms with Crippen molar-refractivity contribution in [1.82, 2.24) is 5.10 Å². The summed E-state index contributed by atoms with van der Waals surface area (Å²) in [4.78, 5) is 0. The van der Waals surface area contributed by atoms with Crippen LogP contribution in [0.1, 0.15) is 22.5 Å². The van der Waals surface area contributed by atoms with Gasteiger partial charge in [0.1, 0.15) is 0 Å². The number of ether oxygens (including phenoxy) is 1. The third-order valence-corrected chi connectivity index (χ3v) is 3.64. The molecule has 1 aromatic heterocycles. The normalized spacial score (nSPS) is 10.6. The number of rotatable bonds is 4. The van der Waals surface area contributed by atoms with Gasteiger partial charge in [0.2, 0.25) is 0 Å². The monoisotopic (exact) mass is 356 g/mol. The molecule has 0 aliphatic rings. The maximum absolute atomic E-state index is 9.72. The van der Waals surface area contributed by atoms with Crippen LogP contribution in [-0.4, -0.2) is 17.3 Å². The summed E-state index contributed by atoms with van der Waals surface area (Å²) in [7, 11) is 1.55. The lowest BCUT2D eigenvalue weighted by Gasteiger charge is -2.05. The minimum atomic E-state index is 0. The van der Waals surface area contributed by atoms with Gasteiger partial charge in [-0.25, -0.2) is 0 Å². The number of aromatic nitrogens is 2. The second kappa shape index (κ2) is 7.40. The van der Waals surface area contributed by atoms with E-state index in [0.29, 0.717) is 5.75 Å². The summed E-state index contributed by atoms with van der Waals surface area (Å²) >= 11 is 1.64. The van der Waals surface area contributed by atoms with Crippen molar-refractivity contribution in [3.8, 4) is 11.5 Å². The third-order valence-electron chi connectivity index (χ3n) is 2.70. The number of phenols is 1. The summed E-state index contributed by atoms with van der Waals surface area (Å²) in [5.41, 5.74) is 0.844. The summed E-state index contributed by atoms with van der Waals surface area (Å²) in [5.74, 6) is 0.636. The number of hydrogen-bond acceptors (Lipinski definition) is 4. The Labute approximate surface area is 133 Å². The molecule has 0 bridgehead atoms. The summed E-state index contributed by atoms with van der Waals surface area (Å²) in [6.07, 6.45) is 3.92. The average Bonchev–Trinajstić information content (AvgIpc) is 2.76. The first-order valence-electron chi connectivity index (χ1n) is 6.07. The first-order valence-corrected chi connectivity index (χ1v) is 6.89. The highest BCUT2D eigenvalue weighted by Gasteiger charge is 2.13. The number of hydrogen-bond donors (Lipinski definition) is 1. The minimum Gasteiger partial charge on any atom is -1.00 e. The summed E-state index contributed by atoms with van der Waals surface area (Å²) in [5, 5.41) is 16.2. The average molecular weight is 357 g/mol. The van der Waals surface area contributed by atoms with Gasteiger partial charge >= 0.3 is 0 Å². The lowest BCUT2D eigenvalue weighted by atomic mass is 10.1. The van der Waals surface area contributed by atoms with E-state index in [4.69, 9.17) is 4.74 Å². The molecule has 0 spiro atoms. The van der Waals surface area contributed by atoms with E-state index in [-0.39, 0.29) is 22.7 Å². The van der Waals surface area contributed by atoms with Gasteiger partial charge in [0, 0.05) is 16.7 Å². The quantitative estimate of drug-likeness (QED) is 0.761. The van der Waals surface area contributed by atoms with Crippen LogP contribution in [0.2, 0.25) is 0 Å². The molecule has 0 fully saturated rings. The van der Waals surface area contributed by atoms with Gasteiger partial charge in [-0.05, 0) is 37.3 Å². The Morgan fingerprint density at radius 3 is 2.80 bits per heavy atom. The smallest absolute Gasteiger partial charge is 0.289 e. The molecule has 0 aliphatic carbocycles. The van der Waals surface area contributed by atoms with Gasteiger partial charge in [0.25, 0.3) is 5.01 Å². The maximum atomic E-state index is 9.72. The van der Waals surface area contributed by atoms with Crippen molar-refractivity contribution in [2.75, 3.05) is 7.11 Å². The summed E-state index contributed by atoms with van der Waals surface area (Å²) < 4.78 is 7.16. The fourth-order valence-corrected chi connectivity index (χ4v) is 2.70. The first-order chi connectivity index (χ1) is 9.15. The van der Waals surface area contributed by atoms with Gasteiger partial charge in [-0.3, -0.25) is 0 Å². The molecule has 1 heterocycles. The molecular weight excluding hydrogens is 340 g/mol. The molecule has 6 heteroatoms. The van der Waals surface area contributed by atoms with E-state index in [1.54, 1.807) is 30.6 Å². The second-order valence-corrected chi connectivity index (χ2v) is 5.22. The molecule has 1 aromatic carbocycles. The molecule has 1 N–H and O–H groups in total. The number of benzene rings is 1. The Balaban J connectivity index is 0.00000200. The second-order valence-electron chi connectivity index (χ2n) is 4.01. The van der Waals surface area contributed by atoms with Crippen molar-refractivity contribution in [2.45, 2.75) is 20.4 Å². The lowest BCUT2D eigenvalue weighted by Crippen LogP contribution is -3.00. The Hall–Kier alpha value is -1.40. The van der Waals surface area contributed by atoms with Gasteiger partial charge in [-0.1, -0.05) is 16.8 Å². The number of halogens is 1. The zero-order valence-corrected chi connectivity index (χ0v) is 14.0. The zero-order chi connectivity index (χ0) is 13.8. The van der Waals surface area contributed by atoms with Gasteiger partial charge < -0.3 is 26.8 Å². The van der Waals surface area contributed by atoms with Crippen LogP contribution in [0.4, 0.5) is 0 Å². The van der Waals surface area contributed by atoms with Crippen LogP contribution >= 0.6 is 11.3 Å². The predicted octanol–water partition coefficient (Wildman–Crippen LogP) is -0.352. The van der Waals surface area contributed by atoms with Crippen LogP contribution in [0.5, 0.6) is 11.5 Å². The lowest BCUT2D eigenvalue weighted by molar-refractivity contribution is -0.747. The fraction of sp³-hybridized carbons (Fsp3) is 0.286. The Morgan fingerprint density at radius 2 is 2.15 bits per heavy atom. The van der Waals surface area contributed by atoms with Crippen molar-refractivity contribution in [2.24, 2.45) is 0 Å². The van der Waals surface area contributed by atoms with E-state index in [9.17, 15) is 5.11 Å². The van der Waals surface area contributed by atoms with Crippen molar-refractivity contribution in [3.63, 3.8) is 0 Å². The van der Waals surface area contributed by atoms with Crippen LogP contribution in [0, 0.1) is 6.92 Å². The Morgan fingerprint density at radius 1 is 1.40 bits per heavy atom. The molecule has 0 unspecified atom stereocenters. The van der Waals surface area contributed by atoms with E-state index < -0.39 is 0 Å². The molecule has 4 nitrogen and oxygen atoms in total. The SMILES string of the molecule is CC[n+]1nc(C)sc1C=Cc1cccc(O)c1OC.[Br-]. The van der Waals surface area contributed by atoms with Crippen LogP contribution in [-0.2, 0) is 6.54 Å². The molecule has 2 rings (SSSR count). The van der Waals surface area contributed by atoms with Crippen molar-refractivity contribution < 1.29 is 31.5 Å². The van der Waals surface area contributed by atoms with Crippen LogP contribution in [0.3, 0.4) is 0 Å². The standard InChI is InChI=1S/C14H16N2O2S.BrH/c1-4-16-13(19-10(2)15-16)9-8-11-6-5-7-12(17)14(11)18-3;/h5-9H,4H2,1-3H3;1H. The molecule has 20 heavy (non-hydrogen) atoms. The van der Waals surface area contributed by atoms with E-state index >= 15 is 0 Å². The summed E-state index contributed by atoms with van der Waals surface area (Å²) in [6, 6.07) is 5.31. The van der Waals surface area contributed by atoms with E-state index in [1.165, 1.54) is 0 Å². The van der Waals surface area contributed by atoms with E-state index in [0.717, 1.165) is 22.1 Å². The number of para-hydroxylation sites is 1. The number of aromatic hydroxyl groups is 1. The highest BCUT2D eigenvalue weighted by molar-refractivity contribution is 7.11. The number of nitrogens with zero attached hydrogens (tertiary/aromatic N) is 2. The zero-order valence-electron chi connectivity index (χ0n) is 11.6. The molecule has 2 aromatic rings. The minimum absolute atomic E-state index is 0. The van der Waals surface area contributed by atoms with Crippen LogP contribution in [0.15, 0.2) is 18.2 Å². The Kier molecular flexibility index (Phi) is 6.16. The van der Waals surface area contributed by atoms with Crippen molar-refractivity contribution in [1.29, 1.82) is 0 Å². The number of phenolic OH excluding ortho intramolecular Hbond substituents is 1. The first kappa shape index (κ1) is 16.7. The molecule has 0 radical (unpaired) electrons. The fourth-order valence-electron chi connectivity index (χ4n) is 1.85. The van der Waals surface area contributed by atoms with Gasteiger partial charge in [-0.15, -0.1) is 0 Å². The number of methoxy groups -OCH3 is 1. The highest BCUT2D eigenvalue weighted by Crippen LogP contribution is 2.30. The van der Waals surface area contributed by atoms with Gasteiger partial charge in [0.05, 0.1) is 7.11 Å². The third kappa shape index (κ3) is 3.58. The van der Waals surface area contributed by atoms with Crippen LogP contribution < -0.4 is 26.4 Å². The molecule has 108 valence electrons. The largest absolute Gasteiger partial charge is 1.00 e. The Bertz CT molecular complexity index is 611. The maximum Gasteiger partial charge on any atom is 0.289 e.